The molecule has 12 aromatic rings. The molecule has 4 nitrogen and oxygen atoms in total. The van der Waals surface area contributed by atoms with Crippen molar-refractivity contribution in [2.24, 2.45) is 0 Å². The van der Waals surface area contributed by atoms with Gasteiger partial charge in [0, 0.05) is 54.9 Å². The summed E-state index contributed by atoms with van der Waals surface area (Å²) in [7, 11) is 0. The molecule has 252 valence electrons. The molecule has 0 bridgehead atoms. The molecule has 8 aromatic carbocycles. The largest absolute Gasteiger partial charge is 0.439 e. The Balaban J connectivity index is 1.15. The van der Waals surface area contributed by atoms with Gasteiger partial charge >= 0.3 is 0 Å². The number of hydrogen-bond acceptors (Lipinski definition) is 1. The zero-order valence-corrected chi connectivity index (χ0v) is 29.1. The number of nitrogens with zero attached hydrogens (tertiary/aromatic N) is 3. The molecule has 54 heavy (non-hydrogen) atoms. The molecule has 4 heterocycles. The molecule has 0 spiro atoms. The van der Waals surface area contributed by atoms with Crippen molar-refractivity contribution in [3.8, 4) is 28.2 Å². The van der Waals surface area contributed by atoms with Crippen LogP contribution in [0.1, 0.15) is 0 Å². The maximum Gasteiger partial charge on any atom is 0.213 e. The van der Waals surface area contributed by atoms with Gasteiger partial charge in [-0.1, -0.05) is 127 Å². The van der Waals surface area contributed by atoms with Crippen LogP contribution in [0.25, 0.3) is 105 Å². The molecule has 0 unspecified atom stereocenters. The molecule has 0 aliphatic heterocycles. The summed E-state index contributed by atoms with van der Waals surface area (Å²) in [5.41, 5.74) is 13.3. The fourth-order valence-corrected chi connectivity index (χ4v) is 8.96. The van der Waals surface area contributed by atoms with Crippen LogP contribution in [0.2, 0.25) is 0 Å². The zero-order chi connectivity index (χ0) is 35.3. The molecular weight excluding hydrogens is 659 g/mol. The van der Waals surface area contributed by atoms with Crippen LogP contribution in [-0.2, 0) is 0 Å². The lowest BCUT2D eigenvalue weighted by molar-refractivity contribution is 0.645. The van der Waals surface area contributed by atoms with E-state index in [2.05, 4.69) is 196 Å². The molecule has 0 atom stereocenters. The summed E-state index contributed by atoms with van der Waals surface area (Å²) in [6, 6.07) is 67.7. The second kappa shape index (κ2) is 11.1. The van der Waals surface area contributed by atoms with Gasteiger partial charge in [-0.3, -0.25) is 4.57 Å². The van der Waals surface area contributed by atoms with Crippen LogP contribution >= 0.6 is 0 Å². The number of para-hydroxylation sites is 6. The van der Waals surface area contributed by atoms with Crippen molar-refractivity contribution < 1.29 is 4.42 Å². The molecule has 0 N–H and O–H groups in total. The lowest BCUT2D eigenvalue weighted by atomic mass is 10.00. The molecule has 0 aliphatic rings. The van der Waals surface area contributed by atoms with E-state index in [1.165, 1.54) is 43.5 Å². The first-order valence-corrected chi connectivity index (χ1v) is 18.4. The van der Waals surface area contributed by atoms with E-state index in [-0.39, 0.29) is 0 Å². The fourth-order valence-electron chi connectivity index (χ4n) is 8.96. The van der Waals surface area contributed by atoms with Crippen LogP contribution in [0.5, 0.6) is 0 Å². The minimum atomic E-state index is 0.863. The number of hydrogen-bond donors (Lipinski definition) is 0. The van der Waals surface area contributed by atoms with Crippen molar-refractivity contribution in [3.63, 3.8) is 0 Å². The van der Waals surface area contributed by atoms with Crippen molar-refractivity contribution >= 4 is 76.6 Å². The van der Waals surface area contributed by atoms with E-state index in [0.717, 1.165) is 61.3 Å². The van der Waals surface area contributed by atoms with E-state index >= 15 is 0 Å². The average molecular weight is 690 g/mol. The van der Waals surface area contributed by atoms with Crippen LogP contribution < -0.4 is 0 Å². The van der Waals surface area contributed by atoms with E-state index in [1.807, 2.05) is 6.07 Å². The molecule has 0 amide bonds. The van der Waals surface area contributed by atoms with Crippen molar-refractivity contribution in [1.29, 1.82) is 0 Å². The summed E-state index contributed by atoms with van der Waals surface area (Å²) in [6.45, 7) is 0. The first kappa shape index (κ1) is 29.3. The number of benzene rings is 8. The molecule has 0 aliphatic carbocycles. The highest BCUT2D eigenvalue weighted by molar-refractivity contribution is 6.22. The Morgan fingerprint density at radius 1 is 0.333 bits per heavy atom. The maximum absolute atomic E-state index is 6.65. The van der Waals surface area contributed by atoms with Gasteiger partial charge < -0.3 is 13.6 Å². The standard InChI is InChI=1S/C50H31N3O/c1-3-14-33(15-4-1)51-45-30-32(36-21-13-22-42-48-41-20-9-12-25-47(41)54-50(48)53(49(36)42)34-16-5-2-6-17-34)26-28-39(45)40-29-27-35(31-46(40)51)52-43-23-10-7-18-37(43)38-19-8-11-24-44(38)52/h1-31H. The van der Waals surface area contributed by atoms with Crippen molar-refractivity contribution in [2.45, 2.75) is 0 Å². The predicted molar refractivity (Wildman–Crippen MR) is 225 cm³/mol. The van der Waals surface area contributed by atoms with Gasteiger partial charge in [-0.05, 0) is 66.2 Å². The van der Waals surface area contributed by atoms with Crippen LogP contribution in [-0.4, -0.2) is 13.7 Å². The van der Waals surface area contributed by atoms with Crippen LogP contribution in [0.4, 0.5) is 0 Å². The Kier molecular flexibility index (Phi) is 6.02. The average Bonchev–Trinajstić information content (AvgIpc) is 3.96. The predicted octanol–water partition coefficient (Wildman–Crippen LogP) is 13.4. The lowest BCUT2D eigenvalue weighted by Crippen LogP contribution is -1.97. The summed E-state index contributed by atoms with van der Waals surface area (Å²) >= 11 is 0. The minimum absolute atomic E-state index is 0.863. The zero-order valence-electron chi connectivity index (χ0n) is 29.1. The van der Waals surface area contributed by atoms with Crippen LogP contribution in [0, 0.1) is 0 Å². The monoisotopic (exact) mass is 689 g/mol. The molecule has 4 heteroatoms. The van der Waals surface area contributed by atoms with Gasteiger partial charge in [0.25, 0.3) is 0 Å². The quantitative estimate of drug-likeness (QED) is 0.181. The van der Waals surface area contributed by atoms with Crippen molar-refractivity contribution in [3.05, 3.63) is 188 Å². The molecule has 4 aromatic heterocycles. The normalized spacial score (nSPS) is 12.1. The fraction of sp³-hybridized carbons (Fsp3) is 0. The van der Waals surface area contributed by atoms with Gasteiger partial charge in [0.1, 0.15) is 5.58 Å². The Morgan fingerprint density at radius 2 is 0.870 bits per heavy atom. The highest BCUT2D eigenvalue weighted by Crippen LogP contribution is 2.44. The van der Waals surface area contributed by atoms with Gasteiger partial charge in [-0.25, -0.2) is 0 Å². The summed E-state index contributed by atoms with van der Waals surface area (Å²) in [5, 5.41) is 8.41. The highest BCUT2D eigenvalue weighted by atomic mass is 16.3. The summed E-state index contributed by atoms with van der Waals surface area (Å²) < 4.78 is 13.8. The van der Waals surface area contributed by atoms with Crippen LogP contribution in [0.3, 0.4) is 0 Å². The maximum atomic E-state index is 6.65. The molecule has 0 saturated carbocycles. The Labute approximate surface area is 309 Å². The Morgan fingerprint density at radius 3 is 1.59 bits per heavy atom. The van der Waals surface area contributed by atoms with Gasteiger partial charge in [0.05, 0.1) is 33.0 Å². The number of aromatic nitrogens is 3. The lowest BCUT2D eigenvalue weighted by Gasteiger charge is -2.13. The third-order valence-electron chi connectivity index (χ3n) is 11.2. The summed E-state index contributed by atoms with van der Waals surface area (Å²) in [6.07, 6.45) is 0. The summed E-state index contributed by atoms with van der Waals surface area (Å²) in [5.74, 6) is 0. The molecule has 12 rings (SSSR count). The van der Waals surface area contributed by atoms with Crippen molar-refractivity contribution in [2.75, 3.05) is 0 Å². The second-order valence-electron chi connectivity index (χ2n) is 14.1. The minimum Gasteiger partial charge on any atom is -0.439 e. The van der Waals surface area contributed by atoms with E-state index in [4.69, 9.17) is 4.42 Å². The molecule has 0 radical (unpaired) electrons. The first-order valence-electron chi connectivity index (χ1n) is 18.4. The van der Waals surface area contributed by atoms with Gasteiger partial charge in [-0.15, -0.1) is 0 Å². The Hall–Kier alpha value is -7.30. The third kappa shape index (κ3) is 4.02. The van der Waals surface area contributed by atoms with E-state index in [0.29, 0.717) is 0 Å². The van der Waals surface area contributed by atoms with Crippen molar-refractivity contribution in [1.82, 2.24) is 13.7 Å². The van der Waals surface area contributed by atoms with Gasteiger partial charge in [-0.2, -0.15) is 0 Å². The van der Waals surface area contributed by atoms with E-state index in [1.54, 1.807) is 0 Å². The smallest absolute Gasteiger partial charge is 0.213 e. The molecule has 0 saturated heterocycles. The van der Waals surface area contributed by atoms with E-state index < -0.39 is 0 Å². The second-order valence-corrected chi connectivity index (χ2v) is 14.1. The van der Waals surface area contributed by atoms with E-state index in [9.17, 15) is 0 Å². The molecular formula is C50H31N3O. The van der Waals surface area contributed by atoms with Gasteiger partial charge in [0.15, 0.2) is 0 Å². The number of fused-ring (bicyclic) bond motifs is 11. The highest BCUT2D eigenvalue weighted by Gasteiger charge is 2.23. The number of rotatable bonds is 4. The SMILES string of the molecule is c1ccc(-n2c3cc(-c4cccc5c6c7ccccc7oc6n(-c6ccccc6)c45)ccc3c3ccc(-n4c5ccccc5c5ccccc54)cc32)cc1. The Bertz CT molecular complexity index is 3380. The summed E-state index contributed by atoms with van der Waals surface area (Å²) in [4.78, 5) is 0. The topological polar surface area (TPSA) is 27.9 Å². The number of furan rings is 1. The van der Waals surface area contributed by atoms with Gasteiger partial charge in [0.2, 0.25) is 5.71 Å². The third-order valence-corrected chi connectivity index (χ3v) is 11.2. The first-order chi connectivity index (χ1) is 26.8. The molecule has 0 fully saturated rings. The van der Waals surface area contributed by atoms with Crippen LogP contribution in [0.15, 0.2) is 192 Å².